The van der Waals surface area contributed by atoms with E-state index in [0.29, 0.717) is 27.4 Å². The van der Waals surface area contributed by atoms with Gasteiger partial charge in [-0.2, -0.15) is 0 Å². The summed E-state index contributed by atoms with van der Waals surface area (Å²) in [7, 11) is 0. The summed E-state index contributed by atoms with van der Waals surface area (Å²) in [4.78, 5) is 4.10. The van der Waals surface area contributed by atoms with Gasteiger partial charge in [0.1, 0.15) is 5.75 Å². The van der Waals surface area contributed by atoms with Crippen LogP contribution in [-0.4, -0.2) is 4.98 Å². The van der Waals surface area contributed by atoms with Crippen LogP contribution in [0.25, 0.3) is 0 Å². The first kappa shape index (κ1) is 12.0. The zero-order chi connectivity index (χ0) is 12.4. The van der Waals surface area contributed by atoms with Crippen LogP contribution in [0.3, 0.4) is 0 Å². The molecule has 2 aromatic rings. The van der Waals surface area contributed by atoms with Gasteiger partial charge in [0.15, 0.2) is 0 Å². The van der Waals surface area contributed by atoms with Crippen LogP contribution in [0.2, 0.25) is 10.0 Å². The second-order valence-corrected chi connectivity index (χ2v) is 4.40. The van der Waals surface area contributed by atoms with Gasteiger partial charge in [-0.25, -0.2) is 4.98 Å². The Kier molecular flexibility index (Phi) is 3.41. The fourth-order valence-corrected chi connectivity index (χ4v) is 1.60. The van der Waals surface area contributed by atoms with Crippen LogP contribution in [-0.2, 0) is 0 Å². The van der Waals surface area contributed by atoms with Crippen molar-refractivity contribution in [1.82, 2.24) is 4.98 Å². The Bertz CT molecular complexity index is 558. The van der Waals surface area contributed by atoms with Gasteiger partial charge in [-0.15, -0.1) is 0 Å². The van der Waals surface area contributed by atoms with Crippen LogP contribution in [0.5, 0.6) is 11.6 Å². The van der Waals surface area contributed by atoms with Crippen LogP contribution in [0.15, 0.2) is 30.5 Å². The van der Waals surface area contributed by atoms with Crippen molar-refractivity contribution in [3.05, 3.63) is 46.1 Å². The van der Waals surface area contributed by atoms with Gasteiger partial charge < -0.3 is 10.5 Å². The van der Waals surface area contributed by atoms with E-state index in [0.717, 1.165) is 5.56 Å². The molecule has 0 saturated heterocycles. The third-order valence-electron chi connectivity index (χ3n) is 2.12. The highest BCUT2D eigenvalue weighted by atomic mass is 35.5. The van der Waals surface area contributed by atoms with Gasteiger partial charge in [-0.3, -0.25) is 0 Å². The maximum atomic E-state index is 5.88. The van der Waals surface area contributed by atoms with Gasteiger partial charge in [0.2, 0.25) is 5.88 Å². The smallest absolute Gasteiger partial charge is 0.242 e. The van der Waals surface area contributed by atoms with Crippen molar-refractivity contribution in [3.63, 3.8) is 0 Å². The molecule has 2 rings (SSSR count). The number of benzene rings is 1. The molecule has 0 fully saturated rings. The lowest BCUT2D eigenvalue weighted by atomic mass is 10.3. The second-order valence-electron chi connectivity index (χ2n) is 3.59. The number of nitrogen functional groups attached to an aromatic ring is 1. The number of anilines is 1. The normalized spacial score (nSPS) is 10.3. The molecule has 0 bridgehead atoms. The number of rotatable bonds is 2. The van der Waals surface area contributed by atoms with E-state index in [1.54, 1.807) is 30.5 Å². The standard InChI is InChI=1S/C12H10Cl2N2O/c1-7-4-11(15)12(16-6-7)17-8-2-3-9(13)10(14)5-8/h2-6H,15H2,1H3. The van der Waals surface area contributed by atoms with Gasteiger partial charge in [0.25, 0.3) is 0 Å². The molecule has 1 heterocycles. The largest absolute Gasteiger partial charge is 0.437 e. The average molecular weight is 269 g/mol. The van der Waals surface area contributed by atoms with Crippen LogP contribution in [0, 0.1) is 6.92 Å². The number of hydrogen-bond acceptors (Lipinski definition) is 3. The van der Waals surface area contributed by atoms with Gasteiger partial charge in [-0.05, 0) is 30.7 Å². The topological polar surface area (TPSA) is 48.1 Å². The lowest BCUT2D eigenvalue weighted by Gasteiger charge is -2.08. The van der Waals surface area contributed by atoms with E-state index in [2.05, 4.69) is 4.98 Å². The van der Waals surface area contributed by atoms with Crippen molar-refractivity contribution >= 4 is 28.9 Å². The molecule has 1 aromatic carbocycles. The van der Waals surface area contributed by atoms with E-state index in [1.165, 1.54) is 0 Å². The third-order valence-corrected chi connectivity index (χ3v) is 2.86. The predicted molar refractivity (Wildman–Crippen MR) is 69.9 cm³/mol. The molecule has 3 nitrogen and oxygen atoms in total. The molecule has 2 N–H and O–H groups in total. The van der Waals surface area contributed by atoms with Crippen molar-refractivity contribution in [1.29, 1.82) is 0 Å². The van der Waals surface area contributed by atoms with Crippen LogP contribution in [0.4, 0.5) is 5.69 Å². The number of pyridine rings is 1. The zero-order valence-electron chi connectivity index (χ0n) is 9.08. The molecule has 0 unspecified atom stereocenters. The van der Waals surface area contributed by atoms with Crippen molar-refractivity contribution in [2.75, 3.05) is 5.73 Å². The summed E-state index contributed by atoms with van der Waals surface area (Å²) in [6, 6.07) is 6.77. The van der Waals surface area contributed by atoms with Crippen LogP contribution in [0.1, 0.15) is 5.56 Å². The zero-order valence-corrected chi connectivity index (χ0v) is 10.6. The first-order valence-corrected chi connectivity index (χ1v) is 5.67. The molecular weight excluding hydrogens is 259 g/mol. The Morgan fingerprint density at radius 2 is 1.94 bits per heavy atom. The number of ether oxygens (including phenoxy) is 1. The summed E-state index contributed by atoms with van der Waals surface area (Å²) >= 11 is 11.7. The monoisotopic (exact) mass is 268 g/mol. The molecule has 0 atom stereocenters. The summed E-state index contributed by atoms with van der Waals surface area (Å²) in [6.07, 6.45) is 1.68. The highest BCUT2D eigenvalue weighted by molar-refractivity contribution is 6.42. The number of aromatic nitrogens is 1. The molecule has 0 aliphatic rings. The average Bonchev–Trinajstić information content (AvgIpc) is 2.27. The van der Waals surface area contributed by atoms with Gasteiger partial charge in [-0.1, -0.05) is 23.2 Å². The van der Waals surface area contributed by atoms with E-state index in [1.807, 2.05) is 6.92 Å². The maximum absolute atomic E-state index is 5.88. The summed E-state index contributed by atoms with van der Waals surface area (Å²) in [6.45, 7) is 1.91. The molecule has 17 heavy (non-hydrogen) atoms. The minimum absolute atomic E-state index is 0.356. The molecule has 88 valence electrons. The van der Waals surface area contributed by atoms with Gasteiger partial charge in [0, 0.05) is 12.3 Å². The number of hydrogen-bond donors (Lipinski definition) is 1. The number of halogens is 2. The number of aryl methyl sites for hydroxylation is 1. The quantitative estimate of drug-likeness (QED) is 0.893. The van der Waals surface area contributed by atoms with E-state index in [-0.39, 0.29) is 0 Å². The summed E-state index contributed by atoms with van der Waals surface area (Å²) in [5.74, 6) is 0.899. The molecule has 5 heteroatoms. The van der Waals surface area contributed by atoms with Crippen molar-refractivity contribution < 1.29 is 4.74 Å². The Morgan fingerprint density at radius 3 is 2.59 bits per heavy atom. The molecule has 0 amide bonds. The van der Waals surface area contributed by atoms with Crippen molar-refractivity contribution in [2.45, 2.75) is 6.92 Å². The van der Waals surface area contributed by atoms with Gasteiger partial charge in [0.05, 0.1) is 15.7 Å². The Balaban J connectivity index is 2.28. The lowest BCUT2D eigenvalue weighted by Crippen LogP contribution is -1.95. The molecule has 0 radical (unpaired) electrons. The van der Waals surface area contributed by atoms with E-state index in [4.69, 9.17) is 33.7 Å². The van der Waals surface area contributed by atoms with Crippen molar-refractivity contribution in [3.8, 4) is 11.6 Å². The third kappa shape index (κ3) is 2.81. The first-order valence-electron chi connectivity index (χ1n) is 4.91. The summed E-state index contributed by atoms with van der Waals surface area (Å²) in [5.41, 5.74) is 7.25. The predicted octanol–water partition coefficient (Wildman–Crippen LogP) is 4.07. The minimum atomic E-state index is 0.356. The highest BCUT2D eigenvalue weighted by Gasteiger charge is 2.06. The summed E-state index contributed by atoms with van der Waals surface area (Å²) in [5, 5.41) is 0.902. The summed E-state index contributed by atoms with van der Waals surface area (Å²) < 4.78 is 5.52. The fraction of sp³-hybridized carbons (Fsp3) is 0.0833. The van der Waals surface area contributed by atoms with E-state index >= 15 is 0 Å². The Labute approximate surface area is 109 Å². The Morgan fingerprint density at radius 1 is 1.18 bits per heavy atom. The molecule has 0 saturated carbocycles. The first-order chi connectivity index (χ1) is 8.06. The second kappa shape index (κ2) is 4.82. The van der Waals surface area contributed by atoms with Crippen molar-refractivity contribution in [2.24, 2.45) is 0 Å². The minimum Gasteiger partial charge on any atom is -0.437 e. The number of nitrogens with zero attached hydrogens (tertiary/aromatic N) is 1. The van der Waals surface area contributed by atoms with E-state index < -0.39 is 0 Å². The molecule has 1 aromatic heterocycles. The maximum Gasteiger partial charge on any atom is 0.242 e. The molecule has 0 spiro atoms. The molecule has 0 aliphatic heterocycles. The van der Waals surface area contributed by atoms with E-state index in [9.17, 15) is 0 Å². The molecular formula is C12H10Cl2N2O. The Hall–Kier alpha value is -1.45. The fourth-order valence-electron chi connectivity index (χ4n) is 1.32. The van der Waals surface area contributed by atoms with Crippen LogP contribution < -0.4 is 10.5 Å². The van der Waals surface area contributed by atoms with Gasteiger partial charge >= 0.3 is 0 Å². The SMILES string of the molecule is Cc1cnc(Oc2ccc(Cl)c(Cl)c2)c(N)c1. The number of nitrogens with two attached hydrogens (primary N) is 1. The lowest BCUT2D eigenvalue weighted by molar-refractivity contribution is 0.465. The molecule has 0 aliphatic carbocycles. The van der Waals surface area contributed by atoms with Crippen LogP contribution >= 0.6 is 23.2 Å². The highest BCUT2D eigenvalue weighted by Crippen LogP contribution is 2.30.